The molecular weight excluding hydrogens is 637 g/mol. The van der Waals surface area contributed by atoms with Crippen molar-refractivity contribution in [1.29, 1.82) is 0 Å². The van der Waals surface area contributed by atoms with E-state index in [1.54, 1.807) is 87.5 Å². The van der Waals surface area contributed by atoms with Crippen molar-refractivity contribution in [1.82, 2.24) is 4.90 Å². The highest BCUT2D eigenvalue weighted by molar-refractivity contribution is 8.14. The van der Waals surface area contributed by atoms with E-state index < -0.39 is 61.7 Å². The topological polar surface area (TPSA) is 113 Å². The number of rotatable bonds is 9. The molecule has 2 aromatic carbocycles. The quantitative estimate of drug-likeness (QED) is 0.119. The minimum atomic E-state index is -2.29. The lowest BCUT2D eigenvalue weighted by Gasteiger charge is -2.43. The first-order chi connectivity index (χ1) is 22.0. The molecule has 1 amide bonds. The van der Waals surface area contributed by atoms with E-state index in [1.165, 1.54) is 16.7 Å². The first kappa shape index (κ1) is 36.4. The second kappa shape index (κ2) is 14.8. The molecule has 10 nitrogen and oxygen atoms in total. The van der Waals surface area contributed by atoms with Gasteiger partial charge in [0.05, 0.1) is 17.7 Å². The molecule has 0 radical (unpaired) electrons. The van der Waals surface area contributed by atoms with Crippen molar-refractivity contribution in [3.63, 3.8) is 0 Å². The largest absolute Gasteiger partial charge is 0.452 e. The highest BCUT2D eigenvalue weighted by Gasteiger charge is 2.55. The van der Waals surface area contributed by atoms with Gasteiger partial charge >= 0.3 is 18.0 Å². The molecule has 47 heavy (non-hydrogen) atoms. The Kier molecular flexibility index (Phi) is 11.4. The number of carbonyl (C=O) groups is 3. The molecule has 0 aromatic heterocycles. The first-order valence-corrected chi connectivity index (χ1v) is 19.5. The van der Waals surface area contributed by atoms with Crippen LogP contribution in [0.5, 0.6) is 0 Å². The van der Waals surface area contributed by atoms with Gasteiger partial charge in [-0.3, -0.25) is 9.89 Å². The van der Waals surface area contributed by atoms with Crippen molar-refractivity contribution in [2.75, 3.05) is 13.2 Å². The molecule has 2 aliphatic rings. The van der Waals surface area contributed by atoms with E-state index in [1.807, 2.05) is 0 Å². The summed E-state index contributed by atoms with van der Waals surface area (Å²) in [6.07, 6.45) is -2.01. The molecule has 1 fully saturated rings. The molecule has 0 saturated carbocycles. The minimum Gasteiger partial charge on any atom is -0.452 e. The van der Waals surface area contributed by atoms with E-state index >= 15 is 0 Å². The van der Waals surface area contributed by atoms with E-state index in [0.717, 1.165) is 0 Å². The van der Waals surface area contributed by atoms with Crippen LogP contribution in [0.1, 0.15) is 62.3 Å². The summed E-state index contributed by atoms with van der Waals surface area (Å²) in [6.45, 7) is 20.0. The Morgan fingerprint density at radius 1 is 0.915 bits per heavy atom. The number of amidine groups is 1. The fourth-order valence-corrected chi connectivity index (χ4v) is 6.88. The van der Waals surface area contributed by atoms with Crippen LogP contribution in [-0.4, -0.2) is 85.0 Å². The van der Waals surface area contributed by atoms with Gasteiger partial charge < -0.3 is 23.4 Å². The number of carbonyl (C=O) groups excluding carboxylic acids is 3. The predicted octanol–water partition coefficient (Wildman–Crippen LogP) is 7.08. The smallest absolute Gasteiger partial charge is 0.416 e. The third kappa shape index (κ3) is 9.13. The summed E-state index contributed by atoms with van der Waals surface area (Å²) in [5.41, 5.74) is -0.776. The van der Waals surface area contributed by atoms with Crippen LogP contribution in [0.2, 0.25) is 18.1 Å². The van der Waals surface area contributed by atoms with Crippen LogP contribution in [0.4, 0.5) is 4.79 Å². The lowest BCUT2D eigenvalue weighted by molar-refractivity contribution is -0.166. The van der Waals surface area contributed by atoms with Gasteiger partial charge in [0.25, 0.3) is 0 Å². The Morgan fingerprint density at radius 2 is 1.45 bits per heavy atom. The zero-order valence-electron chi connectivity index (χ0n) is 28.4. The zero-order valence-corrected chi connectivity index (χ0v) is 30.2. The van der Waals surface area contributed by atoms with Gasteiger partial charge in [-0.05, 0) is 63.2 Å². The lowest BCUT2D eigenvalue weighted by Crippen LogP contribution is -2.60. The van der Waals surface area contributed by atoms with Gasteiger partial charge in [-0.1, -0.05) is 75.0 Å². The Morgan fingerprint density at radius 3 is 1.94 bits per heavy atom. The SMILES string of the molecule is C=CCN(C(=O)OC(C)(C)C)C1=N[C@@H]2[C@@H](OC(=O)c3ccccc3)[C@H](OC(=O)c3ccccc3)[C@@H](CO[Si](C)(C)C(C)(C)C)O[C@@H]2S1. The molecule has 0 bridgehead atoms. The number of aliphatic imine (C=N–C) groups is 1. The summed E-state index contributed by atoms with van der Waals surface area (Å²) in [6, 6.07) is 16.3. The second-order valence-electron chi connectivity index (χ2n) is 14.0. The third-order valence-corrected chi connectivity index (χ3v) is 13.8. The summed E-state index contributed by atoms with van der Waals surface area (Å²) < 4.78 is 31.2. The molecule has 2 aliphatic heterocycles. The number of hydrogen-bond donors (Lipinski definition) is 0. The molecule has 2 aromatic rings. The molecule has 4 rings (SSSR count). The molecule has 254 valence electrons. The summed E-state index contributed by atoms with van der Waals surface area (Å²) in [5, 5.41) is 0.213. The third-order valence-electron chi connectivity index (χ3n) is 8.17. The van der Waals surface area contributed by atoms with Gasteiger partial charge in [0.2, 0.25) is 0 Å². The van der Waals surface area contributed by atoms with Crippen LogP contribution in [0.3, 0.4) is 0 Å². The molecule has 0 aliphatic carbocycles. The number of hydrogen-bond acceptors (Lipinski definition) is 10. The summed E-state index contributed by atoms with van der Waals surface area (Å²) >= 11 is 1.21. The van der Waals surface area contributed by atoms with Gasteiger partial charge in [-0.25, -0.2) is 14.4 Å². The monoisotopic (exact) mass is 682 g/mol. The van der Waals surface area contributed by atoms with Crippen LogP contribution in [0.25, 0.3) is 0 Å². The molecule has 12 heteroatoms. The normalized spacial score (nSPS) is 22.8. The Labute approximate surface area is 283 Å². The van der Waals surface area contributed by atoms with Crippen LogP contribution in [0.15, 0.2) is 78.3 Å². The molecule has 2 heterocycles. The summed E-state index contributed by atoms with van der Waals surface area (Å²) in [5.74, 6) is -1.21. The number of ether oxygens (including phenoxy) is 4. The van der Waals surface area contributed by atoms with Crippen LogP contribution in [0, 0.1) is 0 Å². The van der Waals surface area contributed by atoms with E-state index in [0.29, 0.717) is 16.3 Å². The van der Waals surface area contributed by atoms with E-state index in [-0.39, 0.29) is 18.2 Å². The van der Waals surface area contributed by atoms with Crippen molar-refractivity contribution in [3.05, 3.63) is 84.4 Å². The molecule has 5 atom stereocenters. The second-order valence-corrected chi connectivity index (χ2v) is 19.9. The molecule has 0 unspecified atom stereocenters. The van der Waals surface area contributed by atoms with Crippen molar-refractivity contribution >= 4 is 43.3 Å². The van der Waals surface area contributed by atoms with E-state index in [9.17, 15) is 14.4 Å². The fraction of sp³-hybridized carbons (Fsp3) is 0.486. The van der Waals surface area contributed by atoms with Gasteiger partial charge in [0.15, 0.2) is 25.7 Å². The highest BCUT2D eigenvalue weighted by atomic mass is 32.2. The van der Waals surface area contributed by atoms with E-state index in [4.69, 9.17) is 28.4 Å². The first-order valence-electron chi connectivity index (χ1n) is 15.7. The number of esters is 2. The minimum absolute atomic E-state index is 0.0875. The number of nitrogens with zero attached hydrogens (tertiary/aromatic N) is 2. The maximum Gasteiger partial charge on any atom is 0.416 e. The van der Waals surface area contributed by atoms with Crippen molar-refractivity contribution in [2.24, 2.45) is 4.99 Å². The van der Waals surface area contributed by atoms with Crippen LogP contribution in [-0.2, 0) is 23.4 Å². The van der Waals surface area contributed by atoms with Gasteiger partial charge in [0, 0.05) is 6.54 Å². The Hall–Kier alpha value is -3.45. The molecule has 1 saturated heterocycles. The maximum absolute atomic E-state index is 13.6. The van der Waals surface area contributed by atoms with E-state index in [2.05, 4.69) is 40.4 Å². The van der Waals surface area contributed by atoms with Crippen molar-refractivity contribution in [2.45, 2.75) is 95.1 Å². The highest BCUT2D eigenvalue weighted by Crippen LogP contribution is 2.42. The number of benzene rings is 2. The zero-order chi connectivity index (χ0) is 34.6. The number of thioether (sulfide) groups is 1. The van der Waals surface area contributed by atoms with Crippen LogP contribution < -0.4 is 0 Å². The molecule has 0 N–H and O–H groups in total. The molecular formula is C35H46N2O8SSi. The summed E-state index contributed by atoms with van der Waals surface area (Å²) in [7, 11) is -2.29. The number of amides is 1. The molecule has 0 spiro atoms. The van der Waals surface area contributed by atoms with Crippen LogP contribution >= 0.6 is 11.8 Å². The standard InChI is InChI=1S/C35H46N2O8SSi/c1-10-21-37(33(40)45-34(2,3)4)32-36-26-28(44-30(39)24-19-15-12-16-20-24)27(43-29(38)23-17-13-11-14-18-23)25(42-31(26)46-32)22-41-47(8,9)35(5,6)7/h10-20,25-28,31H,1,21-22H2,2-9H3/t25-,26-,27-,28-,31-/m1/s1. The van der Waals surface area contributed by atoms with Crippen molar-refractivity contribution < 1.29 is 37.8 Å². The Balaban J connectivity index is 1.75. The Bertz CT molecular complexity index is 1460. The number of fused-ring (bicyclic) bond motifs is 1. The average molecular weight is 683 g/mol. The van der Waals surface area contributed by atoms with Gasteiger partial charge in [-0.2, -0.15) is 0 Å². The van der Waals surface area contributed by atoms with Gasteiger partial charge in [-0.15, -0.1) is 6.58 Å². The fourth-order valence-electron chi connectivity index (χ4n) is 4.65. The summed E-state index contributed by atoms with van der Waals surface area (Å²) in [4.78, 5) is 46.6. The average Bonchev–Trinajstić information content (AvgIpc) is 3.42. The lowest BCUT2D eigenvalue weighted by atomic mass is 9.97. The predicted molar refractivity (Wildman–Crippen MR) is 185 cm³/mol. The van der Waals surface area contributed by atoms with Crippen molar-refractivity contribution in [3.8, 4) is 0 Å². The van der Waals surface area contributed by atoms with Gasteiger partial charge in [0.1, 0.15) is 23.2 Å². The maximum atomic E-state index is 13.6.